The summed E-state index contributed by atoms with van der Waals surface area (Å²) in [6.07, 6.45) is 1.45. The van der Waals surface area contributed by atoms with Gasteiger partial charge >= 0.3 is 0 Å². The number of anilines is 3. The van der Waals surface area contributed by atoms with Gasteiger partial charge in [0.25, 0.3) is 5.91 Å². The first-order chi connectivity index (χ1) is 13.3. The van der Waals surface area contributed by atoms with E-state index in [4.69, 9.17) is 0 Å². The summed E-state index contributed by atoms with van der Waals surface area (Å²) in [6, 6.07) is 11.9. The van der Waals surface area contributed by atoms with Crippen molar-refractivity contribution >= 4 is 38.9 Å². The molecule has 1 aliphatic heterocycles. The third kappa shape index (κ3) is 4.51. The normalized spacial score (nSPS) is 15.7. The number of nitrogens with zero attached hydrogens (tertiary/aromatic N) is 1. The maximum Gasteiger partial charge on any atom is 0.255 e. The molecule has 2 amide bonds. The van der Waals surface area contributed by atoms with Gasteiger partial charge in [-0.3, -0.25) is 13.9 Å². The molecule has 2 N–H and O–H groups in total. The predicted molar refractivity (Wildman–Crippen MR) is 110 cm³/mol. The van der Waals surface area contributed by atoms with Crippen LogP contribution in [0.15, 0.2) is 42.5 Å². The second kappa shape index (κ2) is 8.02. The zero-order valence-corrected chi connectivity index (χ0v) is 16.7. The van der Waals surface area contributed by atoms with Crippen LogP contribution in [-0.4, -0.2) is 32.5 Å². The number of amides is 2. The van der Waals surface area contributed by atoms with Gasteiger partial charge in [0.1, 0.15) is 0 Å². The Bertz CT molecular complexity index is 1020. The minimum atomic E-state index is -3.36. The molecule has 2 aromatic carbocycles. The van der Waals surface area contributed by atoms with Crippen LogP contribution < -0.4 is 14.9 Å². The smallest absolute Gasteiger partial charge is 0.255 e. The lowest BCUT2D eigenvalue weighted by Gasteiger charge is -2.29. The monoisotopic (exact) mass is 401 g/mol. The van der Waals surface area contributed by atoms with Crippen molar-refractivity contribution in [3.8, 4) is 0 Å². The van der Waals surface area contributed by atoms with E-state index in [1.165, 1.54) is 11.2 Å². The van der Waals surface area contributed by atoms with Gasteiger partial charge in [0, 0.05) is 30.4 Å². The predicted octanol–water partition coefficient (Wildman–Crippen LogP) is 3.14. The highest BCUT2D eigenvalue weighted by atomic mass is 32.2. The van der Waals surface area contributed by atoms with E-state index in [1.807, 2.05) is 6.92 Å². The third-order valence-corrected chi connectivity index (χ3v) is 6.39. The molecule has 7 nitrogen and oxygen atoms in total. The maximum absolute atomic E-state index is 12.7. The fraction of sp³-hybridized carbons (Fsp3) is 0.300. The van der Waals surface area contributed by atoms with E-state index >= 15 is 0 Å². The van der Waals surface area contributed by atoms with Gasteiger partial charge in [0.2, 0.25) is 15.9 Å². The molecule has 1 heterocycles. The van der Waals surface area contributed by atoms with Crippen LogP contribution in [0.25, 0.3) is 0 Å². The molecule has 8 heteroatoms. The second-order valence-corrected chi connectivity index (χ2v) is 8.83. The van der Waals surface area contributed by atoms with Gasteiger partial charge in [-0.15, -0.1) is 0 Å². The number of hydrogen-bond donors (Lipinski definition) is 2. The van der Waals surface area contributed by atoms with Gasteiger partial charge in [0.05, 0.1) is 11.4 Å². The number of carbonyl (C=O) groups is 2. The van der Waals surface area contributed by atoms with E-state index < -0.39 is 10.0 Å². The molecule has 0 spiro atoms. The minimum absolute atomic E-state index is 0.124. The summed E-state index contributed by atoms with van der Waals surface area (Å²) in [5.74, 6) is -0.427. The van der Waals surface area contributed by atoms with Crippen molar-refractivity contribution in [3.05, 3.63) is 53.6 Å². The van der Waals surface area contributed by atoms with E-state index in [-0.39, 0.29) is 17.6 Å². The second-order valence-electron chi connectivity index (χ2n) is 6.81. The molecule has 148 valence electrons. The molecule has 0 saturated carbocycles. The molecular formula is C20H23N3O4S. The number of sulfonamides is 1. The Balaban J connectivity index is 1.84. The average molecular weight is 401 g/mol. The van der Waals surface area contributed by atoms with Crippen molar-refractivity contribution in [1.82, 2.24) is 0 Å². The van der Waals surface area contributed by atoms with Gasteiger partial charge in [-0.2, -0.15) is 0 Å². The van der Waals surface area contributed by atoms with Crippen LogP contribution >= 0.6 is 0 Å². The third-order valence-electron chi connectivity index (χ3n) is 4.53. The van der Waals surface area contributed by atoms with Gasteiger partial charge in [-0.05, 0) is 55.7 Å². The van der Waals surface area contributed by atoms with E-state index in [2.05, 4.69) is 10.6 Å². The van der Waals surface area contributed by atoms with E-state index in [0.717, 1.165) is 12.0 Å². The molecule has 0 aromatic heterocycles. The number of carbonyl (C=O) groups excluding carboxylic acids is 2. The highest BCUT2D eigenvalue weighted by Crippen LogP contribution is 2.28. The Kier molecular flexibility index (Phi) is 5.69. The molecule has 3 rings (SSSR count). The first-order valence-corrected chi connectivity index (χ1v) is 10.7. The lowest BCUT2D eigenvalue weighted by Crippen LogP contribution is -2.38. The van der Waals surface area contributed by atoms with Crippen LogP contribution in [0.2, 0.25) is 0 Å². The number of aryl methyl sites for hydroxylation is 1. The first kappa shape index (κ1) is 19.9. The first-order valence-electron chi connectivity index (χ1n) is 9.06. The quantitative estimate of drug-likeness (QED) is 0.823. The van der Waals surface area contributed by atoms with Gasteiger partial charge in [-0.25, -0.2) is 8.42 Å². The highest BCUT2D eigenvalue weighted by molar-refractivity contribution is 7.92. The molecule has 0 aliphatic carbocycles. The van der Waals surface area contributed by atoms with Gasteiger partial charge in [0.15, 0.2) is 0 Å². The molecule has 0 unspecified atom stereocenters. The Labute approximate surface area is 164 Å². The lowest BCUT2D eigenvalue weighted by molar-refractivity contribution is -0.114. The SMILES string of the molecule is CC(=O)Nc1cccc(NC(=O)c2ccc(C)c(N3CCCCS3(=O)=O)c2)c1. The molecule has 28 heavy (non-hydrogen) atoms. The Morgan fingerprint density at radius 2 is 1.71 bits per heavy atom. The molecule has 1 saturated heterocycles. The minimum Gasteiger partial charge on any atom is -0.326 e. The zero-order chi connectivity index (χ0) is 20.3. The Morgan fingerprint density at radius 1 is 1.00 bits per heavy atom. The van der Waals surface area contributed by atoms with Crippen molar-refractivity contribution in [2.75, 3.05) is 27.2 Å². The number of benzene rings is 2. The standard InChI is InChI=1S/C20H23N3O4S/c1-14-8-9-16(12-19(14)23-10-3-4-11-28(23,26)27)20(25)22-18-7-5-6-17(13-18)21-15(2)24/h5-9,12-13H,3-4,10-11H2,1-2H3,(H,21,24)(H,22,25). The summed E-state index contributed by atoms with van der Waals surface area (Å²) in [5, 5.41) is 5.45. The largest absolute Gasteiger partial charge is 0.326 e. The molecule has 0 radical (unpaired) electrons. The summed E-state index contributed by atoms with van der Waals surface area (Å²) in [7, 11) is -3.36. The molecular weight excluding hydrogens is 378 g/mol. The van der Waals surface area contributed by atoms with Crippen LogP contribution in [-0.2, 0) is 14.8 Å². The summed E-state index contributed by atoms with van der Waals surface area (Å²) >= 11 is 0. The van der Waals surface area contributed by atoms with Crippen LogP contribution in [0.5, 0.6) is 0 Å². The summed E-state index contributed by atoms with van der Waals surface area (Å²) in [6.45, 7) is 3.67. The van der Waals surface area contributed by atoms with Crippen LogP contribution in [0.3, 0.4) is 0 Å². The summed E-state index contributed by atoms with van der Waals surface area (Å²) in [5.41, 5.74) is 2.82. The Hall–Kier alpha value is -2.87. The van der Waals surface area contributed by atoms with E-state index in [9.17, 15) is 18.0 Å². The fourth-order valence-corrected chi connectivity index (χ4v) is 4.85. The molecule has 1 fully saturated rings. The summed E-state index contributed by atoms with van der Waals surface area (Å²) in [4.78, 5) is 23.9. The topological polar surface area (TPSA) is 95.6 Å². The zero-order valence-electron chi connectivity index (χ0n) is 15.9. The van der Waals surface area contributed by atoms with Crippen molar-refractivity contribution in [1.29, 1.82) is 0 Å². The number of nitrogens with one attached hydrogen (secondary N) is 2. The van der Waals surface area contributed by atoms with Crippen LogP contribution in [0.4, 0.5) is 17.1 Å². The van der Waals surface area contributed by atoms with Gasteiger partial charge in [-0.1, -0.05) is 12.1 Å². The molecule has 1 aliphatic rings. The van der Waals surface area contributed by atoms with Crippen molar-refractivity contribution < 1.29 is 18.0 Å². The Morgan fingerprint density at radius 3 is 2.39 bits per heavy atom. The van der Waals surface area contributed by atoms with Crippen LogP contribution in [0.1, 0.15) is 35.7 Å². The fourth-order valence-electron chi connectivity index (χ4n) is 3.16. The van der Waals surface area contributed by atoms with Crippen molar-refractivity contribution in [3.63, 3.8) is 0 Å². The van der Waals surface area contributed by atoms with Crippen molar-refractivity contribution in [2.24, 2.45) is 0 Å². The average Bonchev–Trinajstić information content (AvgIpc) is 2.62. The molecule has 2 aromatic rings. The van der Waals surface area contributed by atoms with Gasteiger partial charge < -0.3 is 10.6 Å². The maximum atomic E-state index is 12.7. The highest BCUT2D eigenvalue weighted by Gasteiger charge is 2.27. The van der Waals surface area contributed by atoms with E-state index in [1.54, 1.807) is 42.5 Å². The van der Waals surface area contributed by atoms with Crippen LogP contribution in [0, 0.1) is 6.92 Å². The molecule has 0 bridgehead atoms. The number of rotatable bonds is 4. The summed E-state index contributed by atoms with van der Waals surface area (Å²) < 4.78 is 26.2. The van der Waals surface area contributed by atoms with Crippen molar-refractivity contribution in [2.45, 2.75) is 26.7 Å². The molecule has 0 atom stereocenters. The van der Waals surface area contributed by atoms with E-state index in [0.29, 0.717) is 35.6 Å². The lowest BCUT2D eigenvalue weighted by atomic mass is 10.1. The number of hydrogen-bond acceptors (Lipinski definition) is 4.